The summed E-state index contributed by atoms with van der Waals surface area (Å²) in [5, 5.41) is 1.53. The molecule has 0 aliphatic carbocycles. The van der Waals surface area contributed by atoms with Crippen LogP contribution in [0.5, 0.6) is 0 Å². The molecule has 1 aromatic heterocycles. The minimum Gasteiger partial charge on any atom is -0.468 e. The molecule has 1 N–H and O–H groups in total. The molecule has 0 saturated carbocycles. The summed E-state index contributed by atoms with van der Waals surface area (Å²) in [6, 6.07) is 13.0. The van der Waals surface area contributed by atoms with Crippen LogP contribution in [0.3, 0.4) is 0 Å². The molecule has 0 spiro atoms. The Hall–Kier alpha value is -2.93. The van der Waals surface area contributed by atoms with E-state index in [0.717, 1.165) is 23.3 Å². The molecule has 7 heteroatoms. The summed E-state index contributed by atoms with van der Waals surface area (Å²) < 4.78 is 44.6. The van der Waals surface area contributed by atoms with Gasteiger partial charge in [0.1, 0.15) is 16.8 Å². The van der Waals surface area contributed by atoms with Gasteiger partial charge in [-0.3, -0.25) is 4.79 Å². The van der Waals surface area contributed by atoms with Crippen molar-refractivity contribution in [3.8, 4) is 0 Å². The van der Waals surface area contributed by atoms with Crippen LogP contribution in [0.4, 0.5) is 4.39 Å². The lowest BCUT2D eigenvalue weighted by atomic mass is 10.1. The number of furan rings is 1. The van der Waals surface area contributed by atoms with E-state index in [1.807, 2.05) is 19.9 Å². The SMILES string of the molecule is Cc1ccc(C(=O)NC[C@H](c2ccco2)S(=O)(=O)c2ccc(F)cc2)cc1C. The number of sulfone groups is 1. The van der Waals surface area contributed by atoms with E-state index in [4.69, 9.17) is 4.42 Å². The van der Waals surface area contributed by atoms with E-state index in [9.17, 15) is 17.6 Å². The molecule has 0 radical (unpaired) electrons. The van der Waals surface area contributed by atoms with Gasteiger partial charge in [-0.05, 0) is 73.5 Å². The van der Waals surface area contributed by atoms with Gasteiger partial charge in [-0.1, -0.05) is 6.07 Å². The highest BCUT2D eigenvalue weighted by atomic mass is 32.2. The normalized spacial score (nSPS) is 12.5. The lowest BCUT2D eigenvalue weighted by Gasteiger charge is -2.17. The summed E-state index contributed by atoms with van der Waals surface area (Å²) in [6.07, 6.45) is 1.37. The number of carbonyl (C=O) groups is 1. The Morgan fingerprint density at radius 3 is 2.39 bits per heavy atom. The third kappa shape index (κ3) is 4.14. The molecule has 0 unspecified atom stereocenters. The zero-order valence-electron chi connectivity index (χ0n) is 15.5. The van der Waals surface area contributed by atoms with Gasteiger partial charge in [-0.15, -0.1) is 0 Å². The van der Waals surface area contributed by atoms with E-state index in [0.29, 0.717) is 5.56 Å². The smallest absolute Gasteiger partial charge is 0.251 e. The van der Waals surface area contributed by atoms with Gasteiger partial charge >= 0.3 is 0 Å². The summed E-state index contributed by atoms with van der Waals surface area (Å²) in [5.41, 5.74) is 2.47. The van der Waals surface area contributed by atoms with Crippen LogP contribution in [0.2, 0.25) is 0 Å². The first-order valence-electron chi connectivity index (χ1n) is 8.67. The summed E-state index contributed by atoms with van der Waals surface area (Å²) in [5.74, 6) is -0.713. The van der Waals surface area contributed by atoms with Gasteiger partial charge in [0.25, 0.3) is 5.91 Å². The molecule has 28 heavy (non-hydrogen) atoms. The Kier molecular flexibility index (Phi) is 5.65. The van der Waals surface area contributed by atoms with Crippen LogP contribution in [0.25, 0.3) is 0 Å². The third-order valence-corrected chi connectivity index (χ3v) is 6.67. The van der Waals surface area contributed by atoms with E-state index < -0.39 is 20.9 Å². The minimum atomic E-state index is -3.91. The fourth-order valence-corrected chi connectivity index (χ4v) is 4.38. The van der Waals surface area contributed by atoms with Crippen molar-refractivity contribution in [1.29, 1.82) is 0 Å². The van der Waals surface area contributed by atoms with Gasteiger partial charge in [-0.2, -0.15) is 0 Å². The quantitative estimate of drug-likeness (QED) is 0.634. The molecule has 0 aliphatic heterocycles. The molecule has 0 fully saturated rings. The molecule has 3 aromatic rings. The van der Waals surface area contributed by atoms with Crippen LogP contribution in [0.1, 0.15) is 32.5 Å². The first-order valence-corrected chi connectivity index (χ1v) is 10.2. The maximum absolute atomic E-state index is 13.2. The van der Waals surface area contributed by atoms with Gasteiger partial charge in [0.15, 0.2) is 9.84 Å². The predicted octanol–water partition coefficient (Wildman–Crippen LogP) is 3.98. The third-order valence-electron chi connectivity index (χ3n) is 4.59. The number of carbonyl (C=O) groups excluding carboxylic acids is 1. The second-order valence-electron chi connectivity index (χ2n) is 6.51. The molecular formula is C21H20FNO4S. The second kappa shape index (κ2) is 7.98. The minimum absolute atomic E-state index is 0.0456. The number of rotatable bonds is 6. The molecule has 1 atom stereocenters. The Labute approximate surface area is 163 Å². The first kappa shape index (κ1) is 19.8. The average molecular weight is 401 g/mol. The van der Waals surface area contributed by atoms with E-state index in [1.165, 1.54) is 24.5 Å². The van der Waals surface area contributed by atoms with Gasteiger partial charge in [-0.25, -0.2) is 12.8 Å². The van der Waals surface area contributed by atoms with Gasteiger partial charge in [0, 0.05) is 12.1 Å². The van der Waals surface area contributed by atoms with Crippen molar-refractivity contribution in [2.45, 2.75) is 24.0 Å². The van der Waals surface area contributed by atoms with Gasteiger partial charge in [0.05, 0.1) is 11.2 Å². The van der Waals surface area contributed by atoms with Crippen LogP contribution in [0.15, 0.2) is 70.2 Å². The standard InChI is InChI=1S/C21H20FNO4S/c1-14-5-6-16(12-15(14)2)21(24)23-13-20(19-4-3-11-27-19)28(25,26)18-9-7-17(22)8-10-18/h3-12,20H,13H2,1-2H3,(H,23,24)/t20-/m1/s1. The van der Waals surface area contributed by atoms with E-state index in [1.54, 1.807) is 18.2 Å². The molecule has 5 nitrogen and oxygen atoms in total. The number of hydrogen-bond donors (Lipinski definition) is 1. The number of aryl methyl sites for hydroxylation is 2. The lowest BCUT2D eigenvalue weighted by Crippen LogP contribution is -2.31. The average Bonchev–Trinajstić information content (AvgIpc) is 3.18. The maximum Gasteiger partial charge on any atom is 0.251 e. The predicted molar refractivity (Wildman–Crippen MR) is 103 cm³/mol. The van der Waals surface area contributed by atoms with Crippen molar-refractivity contribution < 1.29 is 22.0 Å². The molecule has 0 saturated heterocycles. The largest absolute Gasteiger partial charge is 0.468 e. The summed E-state index contributed by atoms with van der Waals surface area (Å²) in [7, 11) is -3.91. The Morgan fingerprint density at radius 1 is 1.07 bits per heavy atom. The van der Waals surface area contributed by atoms with Crippen LogP contribution in [0, 0.1) is 19.7 Å². The zero-order valence-corrected chi connectivity index (χ0v) is 16.3. The van der Waals surface area contributed by atoms with Crippen molar-refractivity contribution in [1.82, 2.24) is 5.32 Å². The summed E-state index contributed by atoms with van der Waals surface area (Å²) >= 11 is 0. The van der Waals surface area contributed by atoms with Crippen molar-refractivity contribution in [2.75, 3.05) is 6.54 Å². The monoisotopic (exact) mass is 401 g/mol. The first-order chi connectivity index (χ1) is 13.3. The van der Waals surface area contributed by atoms with Crippen LogP contribution in [-0.4, -0.2) is 20.9 Å². The van der Waals surface area contributed by atoms with Crippen molar-refractivity contribution in [2.24, 2.45) is 0 Å². The maximum atomic E-state index is 13.2. The van der Waals surface area contributed by atoms with Crippen molar-refractivity contribution >= 4 is 15.7 Å². The summed E-state index contributed by atoms with van der Waals surface area (Å²) in [6.45, 7) is 3.66. The molecule has 1 amide bonds. The highest BCUT2D eigenvalue weighted by molar-refractivity contribution is 7.91. The highest BCUT2D eigenvalue weighted by Gasteiger charge is 2.32. The highest BCUT2D eigenvalue weighted by Crippen LogP contribution is 2.29. The summed E-state index contributed by atoms with van der Waals surface area (Å²) in [4.78, 5) is 12.5. The van der Waals surface area contributed by atoms with E-state index in [-0.39, 0.29) is 23.1 Å². The molecule has 0 aliphatic rings. The second-order valence-corrected chi connectivity index (χ2v) is 8.64. The fourth-order valence-electron chi connectivity index (χ4n) is 2.80. The number of halogens is 1. The Balaban J connectivity index is 1.86. The van der Waals surface area contributed by atoms with E-state index >= 15 is 0 Å². The molecule has 146 valence electrons. The number of benzene rings is 2. The lowest BCUT2D eigenvalue weighted by molar-refractivity contribution is 0.0953. The number of hydrogen-bond acceptors (Lipinski definition) is 4. The fraction of sp³-hybridized carbons (Fsp3) is 0.190. The van der Waals surface area contributed by atoms with E-state index in [2.05, 4.69) is 5.32 Å². The zero-order chi connectivity index (χ0) is 20.3. The van der Waals surface area contributed by atoms with Crippen molar-refractivity contribution in [3.63, 3.8) is 0 Å². The molecule has 1 heterocycles. The van der Waals surface area contributed by atoms with Crippen LogP contribution in [-0.2, 0) is 9.84 Å². The van der Waals surface area contributed by atoms with Crippen molar-refractivity contribution in [3.05, 3.63) is 89.1 Å². The topological polar surface area (TPSA) is 76.4 Å². The molecule has 3 rings (SSSR count). The van der Waals surface area contributed by atoms with Gasteiger partial charge < -0.3 is 9.73 Å². The molecule has 0 bridgehead atoms. The molecule has 2 aromatic carbocycles. The molecular weight excluding hydrogens is 381 g/mol. The number of nitrogens with one attached hydrogen (secondary N) is 1. The van der Waals surface area contributed by atoms with Crippen LogP contribution < -0.4 is 5.32 Å². The van der Waals surface area contributed by atoms with Gasteiger partial charge in [0.2, 0.25) is 0 Å². The Bertz CT molecular complexity index is 1070. The Morgan fingerprint density at radius 2 is 1.79 bits per heavy atom. The van der Waals surface area contributed by atoms with Crippen LogP contribution >= 0.6 is 0 Å². The number of amides is 1.